The van der Waals surface area contributed by atoms with Crippen LogP contribution in [0, 0.1) is 0 Å². The summed E-state index contributed by atoms with van der Waals surface area (Å²) in [4.78, 5) is 14.3. The van der Waals surface area contributed by atoms with Gasteiger partial charge in [0.15, 0.2) is 9.84 Å². The van der Waals surface area contributed by atoms with Gasteiger partial charge in [0.2, 0.25) is 5.91 Å². The Bertz CT molecular complexity index is 723. The predicted molar refractivity (Wildman–Crippen MR) is 88.3 cm³/mol. The summed E-state index contributed by atoms with van der Waals surface area (Å²) in [5.74, 6) is -0.374. The normalized spacial score (nSPS) is 21.1. The van der Waals surface area contributed by atoms with Crippen LogP contribution in [0.25, 0.3) is 0 Å². The number of fused-ring (bicyclic) bond motifs is 2. The second kappa shape index (κ2) is 5.24. The fourth-order valence-corrected chi connectivity index (χ4v) is 4.52. The Labute approximate surface area is 136 Å². The van der Waals surface area contributed by atoms with Gasteiger partial charge in [0.1, 0.15) is 5.25 Å². The molecule has 1 aromatic rings. The first-order valence-electron chi connectivity index (χ1n) is 7.55. The summed E-state index contributed by atoms with van der Waals surface area (Å²) in [5.41, 5.74) is 1.77. The molecule has 0 N–H and O–H groups in total. The number of carbonyl (C=O) groups is 1. The summed E-state index contributed by atoms with van der Waals surface area (Å²) < 4.78 is 23.5. The zero-order valence-corrected chi connectivity index (χ0v) is 14.4. The molecule has 6 heteroatoms. The highest BCUT2D eigenvalue weighted by molar-refractivity contribution is 7.92. The van der Waals surface area contributed by atoms with E-state index in [9.17, 15) is 13.2 Å². The van der Waals surface area contributed by atoms with Crippen LogP contribution < -0.4 is 4.90 Å². The quantitative estimate of drug-likeness (QED) is 0.831. The number of benzene rings is 1. The maximum absolute atomic E-state index is 12.7. The van der Waals surface area contributed by atoms with E-state index in [1.165, 1.54) is 6.92 Å². The van der Waals surface area contributed by atoms with Crippen LogP contribution in [0.4, 0.5) is 5.69 Å². The topological polar surface area (TPSA) is 54.5 Å². The van der Waals surface area contributed by atoms with Crippen LogP contribution in [0.15, 0.2) is 18.2 Å². The molecule has 1 amide bonds. The standard InChI is InChI=1S/C16H20ClNO3S/c1-11(22(2,20)21)15(19)18-10-16(8-3-4-9-16)12-6-5-7-13(17)14(12)18/h5-7,11H,3-4,8-10H2,1-2H3/t11-/m0/s1. The molecule has 4 nitrogen and oxygen atoms in total. The highest BCUT2D eigenvalue weighted by atomic mass is 35.5. The molecular weight excluding hydrogens is 322 g/mol. The number of carbonyl (C=O) groups excluding carboxylic acids is 1. The van der Waals surface area contributed by atoms with Crippen LogP contribution in [0.5, 0.6) is 0 Å². The lowest BCUT2D eigenvalue weighted by atomic mass is 9.81. The van der Waals surface area contributed by atoms with Crippen LogP contribution in [-0.4, -0.2) is 32.4 Å². The minimum atomic E-state index is -3.42. The molecule has 1 atom stereocenters. The van der Waals surface area contributed by atoms with Crippen LogP contribution in [0.2, 0.25) is 5.02 Å². The van der Waals surface area contributed by atoms with Gasteiger partial charge in [-0.15, -0.1) is 0 Å². The second-order valence-corrected chi connectivity index (χ2v) is 9.29. The molecule has 0 radical (unpaired) electrons. The third kappa shape index (κ3) is 2.35. The van der Waals surface area contributed by atoms with Crippen LogP contribution >= 0.6 is 11.6 Å². The number of anilines is 1. The van der Waals surface area contributed by atoms with Gasteiger partial charge >= 0.3 is 0 Å². The first-order valence-corrected chi connectivity index (χ1v) is 9.89. The number of nitrogens with zero attached hydrogens (tertiary/aromatic N) is 1. The summed E-state index contributed by atoms with van der Waals surface area (Å²) in [5, 5.41) is -0.525. The second-order valence-electron chi connectivity index (χ2n) is 6.52. The molecule has 0 aromatic heterocycles. The minimum absolute atomic E-state index is 0.0485. The number of hydrogen-bond donors (Lipinski definition) is 0. The van der Waals surface area contributed by atoms with Crippen molar-refractivity contribution in [1.29, 1.82) is 0 Å². The van der Waals surface area contributed by atoms with Gasteiger partial charge in [0, 0.05) is 18.2 Å². The summed E-state index contributed by atoms with van der Waals surface area (Å²) in [6.07, 6.45) is 5.42. The fourth-order valence-electron chi connectivity index (χ4n) is 3.75. The molecule has 0 bridgehead atoms. The van der Waals surface area contributed by atoms with E-state index in [2.05, 4.69) is 0 Å². The van der Waals surface area contributed by atoms with E-state index < -0.39 is 15.1 Å². The number of para-hydroxylation sites is 1. The highest BCUT2D eigenvalue weighted by Crippen LogP contribution is 2.52. The lowest BCUT2D eigenvalue weighted by Crippen LogP contribution is -2.43. The highest BCUT2D eigenvalue weighted by Gasteiger charge is 2.48. The maximum atomic E-state index is 12.7. The molecule has 1 aliphatic heterocycles. The van der Waals surface area contributed by atoms with E-state index >= 15 is 0 Å². The van der Waals surface area contributed by atoms with Crippen molar-refractivity contribution in [1.82, 2.24) is 0 Å². The van der Waals surface area contributed by atoms with Crippen LogP contribution in [0.1, 0.15) is 38.2 Å². The monoisotopic (exact) mass is 341 g/mol. The van der Waals surface area contributed by atoms with Crippen molar-refractivity contribution in [3.05, 3.63) is 28.8 Å². The molecule has 2 aliphatic rings. The molecule has 1 spiro atoms. The lowest BCUT2D eigenvalue weighted by Gasteiger charge is -2.25. The largest absolute Gasteiger partial charge is 0.309 e. The van der Waals surface area contributed by atoms with Gasteiger partial charge in [-0.2, -0.15) is 0 Å². The first-order chi connectivity index (χ1) is 10.3. The van der Waals surface area contributed by atoms with Crippen molar-refractivity contribution < 1.29 is 13.2 Å². The SMILES string of the molecule is C[C@@H](C(=O)N1CC2(CCCC2)c2cccc(Cl)c21)S(C)(=O)=O. The summed E-state index contributed by atoms with van der Waals surface area (Å²) >= 11 is 6.35. The van der Waals surface area contributed by atoms with Crippen molar-refractivity contribution in [3.8, 4) is 0 Å². The molecule has 0 saturated heterocycles. The molecule has 0 unspecified atom stereocenters. The van der Waals surface area contributed by atoms with Crippen molar-refractivity contribution in [3.63, 3.8) is 0 Å². The average Bonchev–Trinajstić information content (AvgIpc) is 3.04. The Kier molecular flexibility index (Phi) is 3.76. The first kappa shape index (κ1) is 15.8. The van der Waals surface area contributed by atoms with E-state index in [1.807, 2.05) is 12.1 Å². The van der Waals surface area contributed by atoms with Crippen molar-refractivity contribution >= 4 is 33.0 Å². The summed E-state index contributed by atoms with van der Waals surface area (Å²) in [6, 6.07) is 5.71. The fraction of sp³-hybridized carbons (Fsp3) is 0.562. The van der Waals surface area contributed by atoms with Gasteiger partial charge in [-0.25, -0.2) is 8.42 Å². The predicted octanol–water partition coefficient (Wildman–Crippen LogP) is 2.93. The number of halogens is 1. The zero-order valence-electron chi connectivity index (χ0n) is 12.8. The number of sulfone groups is 1. The molecule has 1 fully saturated rings. The van der Waals surface area contributed by atoms with Gasteiger partial charge in [0.05, 0.1) is 10.7 Å². The lowest BCUT2D eigenvalue weighted by molar-refractivity contribution is -0.118. The van der Waals surface area contributed by atoms with Crippen LogP contribution in [-0.2, 0) is 20.0 Å². The molecular formula is C16H20ClNO3S. The summed E-state index contributed by atoms with van der Waals surface area (Å²) in [7, 11) is -3.42. The van der Waals surface area contributed by atoms with Gasteiger partial charge in [0.25, 0.3) is 0 Å². The van der Waals surface area contributed by atoms with Gasteiger partial charge < -0.3 is 4.90 Å². The van der Waals surface area contributed by atoms with E-state index in [0.29, 0.717) is 17.3 Å². The third-order valence-corrected chi connectivity index (χ3v) is 6.90. The zero-order chi connectivity index (χ0) is 16.1. The molecule has 120 valence electrons. The Morgan fingerprint density at radius 1 is 1.32 bits per heavy atom. The molecule has 3 rings (SSSR count). The average molecular weight is 342 g/mol. The van der Waals surface area contributed by atoms with Crippen LogP contribution in [0.3, 0.4) is 0 Å². The number of hydrogen-bond acceptors (Lipinski definition) is 3. The van der Waals surface area contributed by atoms with Gasteiger partial charge in [-0.05, 0) is 31.4 Å². The van der Waals surface area contributed by atoms with Crippen molar-refractivity contribution in [2.24, 2.45) is 0 Å². The van der Waals surface area contributed by atoms with E-state index in [-0.39, 0.29) is 11.3 Å². The van der Waals surface area contributed by atoms with E-state index in [0.717, 1.165) is 37.5 Å². The van der Waals surface area contributed by atoms with Gasteiger partial charge in [-0.1, -0.05) is 36.6 Å². The molecule has 1 saturated carbocycles. The minimum Gasteiger partial charge on any atom is -0.309 e. The number of amides is 1. The van der Waals surface area contributed by atoms with Crippen molar-refractivity contribution in [2.75, 3.05) is 17.7 Å². The summed E-state index contributed by atoms with van der Waals surface area (Å²) in [6.45, 7) is 2.00. The van der Waals surface area contributed by atoms with Crippen molar-refractivity contribution in [2.45, 2.75) is 43.3 Å². The number of rotatable bonds is 2. The Morgan fingerprint density at radius 3 is 2.55 bits per heavy atom. The Hall–Kier alpha value is -1.07. The Balaban J connectivity index is 2.07. The third-order valence-electron chi connectivity index (χ3n) is 5.11. The maximum Gasteiger partial charge on any atom is 0.245 e. The molecule has 22 heavy (non-hydrogen) atoms. The van der Waals surface area contributed by atoms with E-state index in [4.69, 9.17) is 11.6 Å². The molecule has 1 heterocycles. The molecule has 1 aliphatic carbocycles. The van der Waals surface area contributed by atoms with Gasteiger partial charge in [-0.3, -0.25) is 4.79 Å². The van der Waals surface area contributed by atoms with E-state index in [1.54, 1.807) is 11.0 Å². The Morgan fingerprint density at radius 2 is 1.95 bits per heavy atom. The smallest absolute Gasteiger partial charge is 0.245 e. The molecule has 1 aromatic carbocycles.